The average molecular weight is 327 g/mol. The first kappa shape index (κ1) is 14.4. The molecular weight excluding hydrogens is 308 g/mol. The molecule has 1 unspecified atom stereocenters. The number of rotatable bonds is 3. The first-order valence-corrected chi connectivity index (χ1v) is 7.22. The van der Waals surface area contributed by atoms with Gasteiger partial charge in [0.25, 0.3) is 0 Å². The number of amides is 1. The van der Waals surface area contributed by atoms with Gasteiger partial charge in [0.1, 0.15) is 5.82 Å². The summed E-state index contributed by atoms with van der Waals surface area (Å²) in [6.07, 6.45) is 3.50. The highest BCUT2D eigenvalue weighted by atomic mass is 79.9. The molecule has 1 saturated heterocycles. The lowest BCUT2D eigenvalue weighted by Crippen LogP contribution is -2.56. The van der Waals surface area contributed by atoms with Crippen LogP contribution >= 0.6 is 15.9 Å². The van der Waals surface area contributed by atoms with E-state index < -0.39 is 5.54 Å². The molecule has 1 atom stereocenters. The molecule has 1 amide bonds. The number of halogens is 1. The van der Waals surface area contributed by atoms with Crippen LogP contribution in [0.3, 0.4) is 0 Å². The Morgan fingerprint density at radius 1 is 1.53 bits per heavy atom. The molecule has 2 rings (SSSR count). The van der Waals surface area contributed by atoms with E-state index in [-0.39, 0.29) is 11.8 Å². The maximum atomic E-state index is 12.3. The van der Waals surface area contributed by atoms with Gasteiger partial charge in [0.05, 0.1) is 5.54 Å². The Morgan fingerprint density at radius 3 is 2.79 bits per heavy atom. The van der Waals surface area contributed by atoms with Crippen LogP contribution in [0.1, 0.15) is 19.8 Å². The number of carbonyl (C=O) groups excluding carboxylic acids is 1. The zero-order valence-corrected chi connectivity index (χ0v) is 12.5. The lowest BCUT2D eigenvalue weighted by atomic mass is 9.79. The van der Waals surface area contributed by atoms with Gasteiger partial charge in [0, 0.05) is 10.7 Å². The fourth-order valence-electron chi connectivity index (χ4n) is 2.31. The molecule has 1 aliphatic heterocycles. The van der Waals surface area contributed by atoms with Gasteiger partial charge in [-0.2, -0.15) is 0 Å². The second-order valence-electron chi connectivity index (χ2n) is 5.12. The van der Waals surface area contributed by atoms with E-state index in [1.165, 1.54) is 0 Å². The monoisotopic (exact) mass is 326 g/mol. The smallest absolute Gasteiger partial charge is 0.245 e. The molecular formula is C13H19BrN4O. The van der Waals surface area contributed by atoms with Crippen molar-refractivity contribution in [1.29, 1.82) is 0 Å². The third-order valence-corrected chi connectivity index (χ3v) is 4.11. The van der Waals surface area contributed by atoms with Gasteiger partial charge < -0.3 is 16.4 Å². The predicted molar refractivity (Wildman–Crippen MR) is 78.8 cm³/mol. The minimum Gasteiger partial charge on any atom is -0.317 e. The SMILES string of the molecule is CC(N)(C(=O)Nc1ccc(Br)cn1)C1CCNCC1. The van der Waals surface area contributed by atoms with Crippen molar-refractivity contribution in [3.05, 3.63) is 22.8 Å². The van der Waals surface area contributed by atoms with Crippen molar-refractivity contribution >= 4 is 27.7 Å². The lowest BCUT2D eigenvalue weighted by Gasteiger charge is -2.35. The Kier molecular flexibility index (Phi) is 4.54. The van der Waals surface area contributed by atoms with E-state index in [9.17, 15) is 4.79 Å². The molecule has 1 fully saturated rings. The molecule has 4 N–H and O–H groups in total. The Balaban J connectivity index is 2.03. The van der Waals surface area contributed by atoms with Gasteiger partial charge in [-0.1, -0.05) is 0 Å². The molecule has 0 radical (unpaired) electrons. The summed E-state index contributed by atoms with van der Waals surface area (Å²) >= 11 is 3.31. The largest absolute Gasteiger partial charge is 0.317 e. The third kappa shape index (κ3) is 3.52. The molecule has 0 spiro atoms. The minimum absolute atomic E-state index is 0.172. The van der Waals surface area contributed by atoms with Crippen LogP contribution in [-0.4, -0.2) is 29.5 Å². The van der Waals surface area contributed by atoms with Gasteiger partial charge in [-0.25, -0.2) is 4.98 Å². The summed E-state index contributed by atoms with van der Waals surface area (Å²) < 4.78 is 0.874. The average Bonchev–Trinajstić information content (AvgIpc) is 2.42. The molecule has 5 nitrogen and oxygen atoms in total. The van der Waals surface area contributed by atoms with Crippen molar-refractivity contribution in [2.24, 2.45) is 11.7 Å². The number of piperidine rings is 1. The molecule has 2 heterocycles. The van der Waals surface area contributed by atoms with E-state index in [1.54, 1.807) is 19.2 Å². The fraction of sp³-hybridized carbons (Fsp3) is 0.538. The van der Waals surface area contributed by atoms with Crippen LogP contribution in [0, 0.1) is 5.92 Å². The van der Waals surface area contributed by atoms with Crippen molar-refractivity contribution in [2.75, 3.05) is 18.4 Å². The minimum atomic E-state index is -0.864. The highest BCUT2D eigenvalue weighted by Gasteiger charge is 2.38. The van der Waals surface area contributed by atoms with Gasteiger partial charge in [0.15, 0.2) is 0 Å². The van der Waals surface area contributed by atoms with E-state index in [2.05, 4.69) is 31.5 Å². The summed E-state index contributed by atoms with van der Waals surface area (Å²) in [6, 6.07) is 3.58. The molecule has 0 saturated carbocycles. The van der Waals surface area contributed by atoms with Crippen LogP contribution in [0.25, 0.3) is 0 Å². The molecule has 1 aromatic rings. The van der Waals surface area contributed by atoms with Crippen molar-refractivity contribution in [2.45, 2.75) is 25.3 Å². The molecule has 0 bridgehead atoms. The number of aromatic nitrogens is 1. The van der Waals surface area contributed by atoms with Gasteiger partial charge in [-0.15, -0.1) is 0 Å². The van der Waals surface area contributed by atoms with Crippen molar-refractivity contribution in [1.82, 2.24) is 10.3 Å². The van der Waals surface area contributed by atoms with E-state index in [0.717, 1.165) is 30.4 Å². The molecule has 19 heavy (non-hydrogen) atoms. The van der Waals surface area contributed by atoms with Crippen molar-refractivity contribution < 1.29 is 4.79 Å². The number of anilines is 1. The van der Waals surface area contributed by atoms with Crippen LogP contribution < -0.4 is 16.4 Å². The van der Waals surface area contributed by atoms with Crippen LogP contribution in [0.15, 0.2) is 22.8 Å². The highest BCUT2D eigenvalue weighted by Crippen LogP contribution is 2.25. The number of hydrogen-bond acceptors (Lipinski definition) is 4. The molecule has 104 valence electrons. The maximum Gasteiger partial charge on any atom is 0.245 e. The van der Waals surface area contributed by atoms with Crippen LogP contribution in [0.5, 0.6) is 0 Å². The van der Waals surface area contributed by atoms with E-state index in [1.807, 2.05) is 6.07 Å². The fourth-order valence-corrected chi connectivity index (χ4v) is 2.54. The Morgan fingerprint density at radius 2 is 2.21 bits per heavy atom. The molecule has 6 heteroatoms. The summed E-state index contributed by atoms with van der Waals surface area (Å²) in [6.45, 7) is 3.64. The first-order valence-electron chi connectivity index (χ1n) is 6.43. The molecule has 1 aliphatic rings. The maximum absolute atomic E-state index is 12.3. The number of nitrogens with one attached hydrogen (secondary N) is 2. The van der Waals surface area contributed by atoms with Crippen LogP contribution in [-0.2, 0) is 4.79 Å². The van der Waals surface area contributed by atoms with Gasteiger partial charge in [-0.3, -0.25) is 4.79 Å². The molecule has 1 aromatic heterocycles. The predicted octanol–water partition coefficient (Wildman–Crippen LogP) is 1.50. The lowest BCUT2D eigenvalue weighted by molar-refractivity contribution is -0.122. The Bertz CT molecular complexity index is 440. The second-order valence-corrected chi connectivity index (χ2v) is 6.04. The van der Waals surface area contributed by atoms with E-state index in [0.29, 0.717) is 5.82 Å². The van der Waals surface area contributed by atoms with Gasteiger partial charge >= 0.3 is 0 Å². The summed E-state index contributed by atoms with van der Waals surface area (Å²) in [5, 5.41) is 6.07. The number of nitrogens with zero attached hydrogens (tertiary/aromatic N) is 1. The number of carbonyl (C=O) groups is 1. The van der Waals surface area contributed by atoms with Gasteiger partial charge in [-0.05, 0) is 66.8 Å². The Labute approximate surface area is 121 Å². The zero-order valence-electron chi connectivity index (χ0n) is 10.9. The second kappa shape index (κ2) is 5.98. The van der Waals surface area contributed by atoms with Crippen molar-refractivity contribution in [3.63, 3.8) is 0 Å². The highest BCUT2D eigenvalue weighted by molar-refractivity contribution is 9.10. The summed E-state index contributed by atoms with van der Waals surface area (Å²) in [5.41, 5.74) is 5.37. The first-order chi connectivity index (χ1) is 9.00. The topological polar surface area (TPSA) is 80.0 Å². The normalized spacial score (nSPS) is 19.7. The molecule has 0 aromatic carbocycles. The third-order valence-electron chi connectivity index (χ3n) is 3.65. The van der Waals surface area contributed by atoms with Crippen LogP contribution in [0.2, 0.25) is 0 Å². The quantitative estimate of drug-likeness (QED) is 0.786. The standard InChI is InChI=1S/C13H19BrN4O/c1-13(15,9-4-6-16-7-5-9)12(19)18-11-3-2-10(14)8-17-11/h2-3,8-9,16H,4-7,15H2,1H3,(H,17,18,19). The summed E-state index contributed by atoms with van der Waals surface area (Å²) in [5.74, 6) is 0.553. The number of hydrogen-bond donors (Lipinski definition) is 3. The summed E-state index contributed by atoms with van der Waals surface area (Å²) in [7, 11) is 0. The van der Waals surface area contributed by atoms with Gasteiger partial charge in [0.2, 0.25) is 5.91 Å². The molecule has 0 aliphatic carbocycles. The van der Waals surface area contributed by atoms with Crippen LogP contribution in [0.4, 0.5) is 5.82 Å². The summed E-state index contributed by atoms with van der Waals surface area (Å²) in [4.78, 5) is 16.4. The number of pyridine rings is 1. The van der Waals surface area contributed by atoms with E-state index >= 15 is 0 Å². The Hall–Kier alpha value is -0.980. The van der Waals surface area contributed by atoms with E-state index in [4.69, 9.17) is 5.73 Å². The number of nitrogens with two attached hydrogens (primary N) is 1. The zero-order chi connectivity index (χ0) is 13.9. The van der Waals surface area contributed by atoms with Crippen molar-refractivity contribution in [3.8, 4) is 0 Å².